The van der Waals surface area contributed by atoms with Crippen molar-refractivity contribution in [3.05, 3.63) is 0 Å². The van der Waals surface area contributed by atoms with Gasteiger partial charge in [0, 0.05) is 24.7 Å². The lowest BCUT2D eigenvalue weighted by Gasteiger charge is -2.43. The van der Waals surface area contributed by atoms with Crippen LogP contribution in [0.5, 0.6) is 0 Å². The zero-order chi connectivity index (χ0) is 15.3. The molecule has 5 heteroatoms. The monoisotopic (exact) mass is 313 g/mol. The average molecular weight is 314 g/mol. The van der Waals surface area contributed by atoms with Crippen LogP contribution in [-0.4, -0.2) is 53.7 Å². The fourth-order valence-electron chi connectivity index (χ4n) is 3.23. The lowest BCUT2D eigenvalue weighted by atomic mass is 9.93. The van der Waals surface area contributed by atoms with Crippen LogP contribution in [0, 0.1) is 5.92 Å². The van der Waals surface area contributed by atoms with Gasteiger partial charge in [-0.05, 0) is 63.5 Å². The first-order chi connectivity index (χ1) is 9.97. The molecular weight excluding hydrogens is 282 g/mol. The Morgan fingerprint density at radius 1 is 1.29 bits per heavy atom. The zero-order valence-corrected chi connectivity index (χ0v) is 14.6. The summed E-state index contributed by atoms with van der Waals surface area (Å²) >= 11 is 1.98. The molecule has 4 nitrogen and oxygen atoms in total. The molecule has 2 fully saturated rings. The lowest BCUT2D eigenvalue weighted by Crippen LogP contribution is -2.56. The fourth-order valence-corrected chi connectivity index (χ4v) is 4.33. The molecule has 0 bridgehead atoms. The van der Waals surface area contributed by atoms with E-state index in [4.69, 9.17) is 0 Å². The van der Waals surface area contributed by atoms with E-state index in [0.717, 1.165) is 31.8 Å². The first-order valence-corrected chi connectivity index (χ1v) is 9.50. The summed E-state index contributed by atoms with van der Waals surface area (Å²) in [6.07, 6.45) is 4.81. The molecule has 21 heavy (non-hydrogen) atoms. The van der Waals surface area contributed by atoms with E-state index < -0.39 is 0 Å². The van der Waals surface area contributed by atoms with Gasteiger partial charge in [0.05, 0.1) is 0 Å². The van der Waals surface area contributed by atoms with E-state index in [1.54, 1.807) is 0 Å². The molecule has 0 radical (unpaired) electrons. The SMILES string of the molecule is CC1CCCN(C(C)(C)CNC(=O)NC2CCSCC2)C1. The summed E-state index contributed by atoms with van der Waals surface area (Å²) in [4.78, 5) is 14.6. The standard InChI is InChI=1S/C16H31N3OS/c1-13-5-4-8-19(11-13)16(2,3)12-17-15(20)18-14-6-9-21-10-7-14/h13-14H,4-12H2,1-3H3,(H2,17,18,20). The Morgan fingerprint density at radius 2 is 2.00 bits per heavy atom. The molecule has 0 aromatic heterocycles. The Morgan fingerprint density at radius 3 is 2.67 bits per heavy atom. The van der Waals surface area contributed by atoms with E-state index in [9.17, 15) is 4.79 Å². The number of amides is 2. The Labute approximate surface area is 133 Å². The summed E-state index contributed by atoms with van der Waals surface area (Å²) in [6, 6.07) is 0.370. The Balaban J connectivity index is 1.73. The molecular formula is C16H31N3OS. The first kappa shape index (κ1) is 16.9. The van der Waals surface area contributed by atoms with Crippen LogP contribution in [0.3, 0.4) is 0 Å². The largest absolute Gasteiger partial charge is 0.336 e. The van der Waals surface area contributed by atoms with Gasteiger partial charge < -0.3 is 10.6 Å². The number of nitrogens with zero attached hydrogens (tertiary/aromatic N) is 1. The van der Waals surface area contributed by atoms with Crippen LogP contribution >= 0.6 is 11.8 Å². The van der Waals surface area contributed by atoms with E-state index in [1.807, 2.05) is 11.8 Å². The third-order valence-electron chi connectivity index (χ3n) is 4.75. The number of urea groups is 1. The highest BCUT2D eigenvalue weighted by Gasteiger charge is 2.30. The van der Waals surface area contributed by atoms with Crippen molar-refractivity contribution in [3.63, 3.8) is 0 Å². The molecule has 0 saturated carbocycles. The molecule has 2 saturated heterocycles. The molecule has 122 valence electrons. The molecule has 0 aromatic rings. The van der Waals surface area contributed by atoms with E-state index >= 15 is 0 Å². The minimum absolute atomic E-state index is 0.00466. The molecule has 2 heterocycles. The van der Waals surface area contributed by atoms with Crippen molar-refractivity contribution in [2.75, 3.05) is 31.1 Å². The molecule has 1 atom stereocenters. The number of thioether (sulfide) groups is 1. The number of nitrogens with one attached hydrogen (secondary N) is 2. The Kier molecular flexibility index (Phi) is 6.23. The van der Waals surface area contributed by atoms with Gasteiger partial charge in [-0.2, -0.15) is 11.8 Å². The molecule has 0 spiro atoms. The number of rotatable bonds is 4. The number of piperidine rings is 1. The van der Waals surface area contributed by atoms with E-state index in [1.165, 1.54) is 24.3 Å². The predicted octanol–water partition coefficient (Wildman–Crippen LogP) is 2.69. The van der Waals surface area contributed by atoms with E-state index in [2.05, 4.69) is 36.3 Å². The molecule has 2 amide bonds. The van der Waals surface area contributed by atoms with Gasteiger partial charge in [-0.25, -0.2) is 4.79 Å². The molecule has 0 aliphatic carbocycles. The van der Waals surface area contributed by atoms with Crippen LogP contribution in [-0.2, 0) is 0 Å². The van der Waals surface area contributed by atoms with Crippen LogP contribution < -0.4 is 10.6 Å². The zero-order valence-electron chi connectivity index (χ0n) is 13.8. The quantitative estimate of drug-likeness (QED) is 0.839. The van der Waals surface area contributed by atoms with Crippen LogP contribution in [0.1, 0.15) is 46.5 Å². The summed E-state index contributed by atoms with van der Waals surface area (Å²) in [7, 11) is 0. The van der Waals surface area contributed by atoms with Crippen LogP contribution in [0.15, 0.2) is 0 Å². The molecule has 0 aromatic carbocycles. The maximum Gasteiger partial charge on any atom is 0.315 e. The third-order valence-corrected chi connectivity index (χ3v) is 5.80. The first-order valence-electron chi connectivity index (χ1n) is 8.34. The highest BCUT2D eigenvalue weighted by molar-refractivity contribution is 7.99. The van der Waals surface area contributed by atoms with Crippen LogP contribution in [0.25, 0.3) is 0 Å². The molecule has 2 aliphatic heterocycles. The summed E-state index contributed by atoms with van der Waals surface area (Å²) in [5.74, 6) is 3.11. The van der Waals surface area contributed by atoms with Crippen molar-refractivity contribution in [3.8, 4) is 0 Å². The Hall–Kier alpha value is -0.420. The second-order valence-electron chi connectivity index (χ2n) is 7.22. The van der Waals surface area contributed by atoms with E-state index in [0.29, 0.717) is 12.6 Å². The van der Waals surface area contributed by atoms with Crippen LogP contribution in [0.4, 0.5) is 4.79 Å². The maximum atomic E-state index is 12.1. The molecule has 2 N–H and O–H groups in total. The number of hydrogen-bond donors (Lipinski definition) is 2. The second kappa shape index (κ2) is 7.73. The lowest BCUT2D eigenvalue weighted by molar-refractivity contribution is 0.0723. The maximum absolute atomic E-state index is 12.1. The third kappa shape index (κ3) is 5.37. The van der Waals surface area contributed by atoms with Crippen LogP contribution in [0.2, 0.25) is 0 Å². The highest BCUT2D eigenvalue weighted by Crippen LogP contribution is 2.23. The van der Waals surface area contributed by atoms with Gasteiger partial charge in [0.25, 0.3) is 0 Å². The topological polar surface area (TPSA) is 44.4 Å². The normalized spacial score (nSPS) is 25.6. The van der Waals surface area contributed by atoms with Crippen molar-refractivity contribution >= 4 is 17.8 Å². The smallest absolute Gasteiger partial charge is 0.315 e. The fraction of sp³-hybridized carbons (Fsp3) is 0.938. The minimum Gasteiger partial charge on any atom is -0.336 e. The van der Waals surface area contributed by atoms with Gasteiger partial charge in [0.15, 0.2) is 0 Å². The van der Waals surface area contributed by atoms with E-state index in [-0.39, 0.29) is 11.6 Å². The number of hydrogen-bond acceptors (Lipinski definition) is 3. The van der Waals surface area contributed by atoms with Gasteiger partial charge >= 0.3 is 6.03 Å². The van der Waals surface area contributed by atoms with Crippen molar-refractivity contribution in [2.24, 2.45) is 5.92 Å². The van der Waals surface area contributed by atoms with Gasteiger partial charge in [0.1, 0.15) is 0 Å². The molecule has 2 rings (SSSR count). The summed E-state index contributed by atoms with van der Waals surface area (Å²) in [5.41, 5.74) is 0.0361. The average Bonchev–Trinajstić information content (AvgIpc) is 2.46. The van der Waals surface area contributed by atoms with Crippen molar-refractivity contribution in [1.29, 1.82) is 0 Å². The summed E-state index contributed by atoms with van der Waals surface area (Å²) < 4.78 is 0. The number of carbonyl (C=O) groups excluding carboxylic acids is 1. The highest BCUT2D eigenvalue weighted by atomic mass is 32.2. The summed E-state index contributed by atoms with van der Waals surface area (Å²) in [5, 5.41) is 6.21. The van der Waals surface area contributed by atoms with Gasteiger partial charge in [-0.15, -0.1) is 0 Å². The second-order valence-corrected chi connectivity index (χ2v) is 8.44. The van der Waals surface area contributed by atoms with Gasteiger partial charge in [-0.3, -0.25) is 4.90 Å². The number of likely N-dealkylation sites (tertiary alicyclic amines) is 1. The predicted molar refractivity (Wildman–Crippen MR) is 90.9 cm³/mol. The van der Waals surface area contributed by atoms with Crippen molar-refractivity contribution in [1.82, 2.24) is 15.5 Å². The van der Waals surface area contributed by atoms with Gasteiger partial charge in [0.2, 0.25) is 0 Å². The van der Waals surface area contributed by atoms with Crippen molar-refractivity contribution in [2.45, 2.75) is 58.0 Å². The molecule has 1 unspecified atom stereocenters. The Bertz CT molecular complexity index is 342. The summed E-state index contributed by atoms with van der Waals surface area (Å²) in [6.45, 7) is 9.82. The van der Waals surface area contributed by atoms with Crippen molar-refractivity contribution < 1.29 is 4.79 Å². The minimum atomic E-state index is 0.00466. The number of carbonyl (C=O) groups is 1. The molecule has 2 aliphatic rings. The van der Waals surface area contributed by atoms with Gasteiger partial charge in [-0.1, -0.05) is 6.92 Å².